The van der Waals surface area contributed by atoms with Crippen LogP contribution in [0.5, 0.6) is 5.75 Å². The van der Waals surface area contributed by atoms with Gasteiger partial charge in [0.1, 0.15) is 11.6 Å². The van der Waals surface area contributed by atoms with E-state index >= 15 is 0 Å². The predicted octanol–water partition coefficient (Wildman–Crippen LogP) is 2.26. The van der Waals surface area contributed by atoms with Gasteiger partial charge in [-0.2, -0.15) is 0 Å². The Morgan fingerprint density at radius 3 is 2.47 bits per heavy atom. The van der Waals surface area contributed by atoms with E-state index in [9.17, 15) is 14.3 Å². The van der Waals surface area contributed by atoms with Gasteiger partial charge >= 0.3 is 0 Å². The summed E-state index contributed by atoms with van der Waals surface area (Å²) in [5, 5.41) is 9.57. The number of likely N-dealkylation sites (tertiary alicyclic amines) is 1. The van der Waals surface area contributed by atoms with E-state index in [0.717, 1.165) is 6.07 Å². The minimum absolute atomic E-state index is 0.174. The average molecular weight is 237 g/mol. The Kier molecular flexibility index (Phi) is 3.05. The number of hydrogen-bond donors (Lipinski definition) is 1. The summed E-state index contributed by atoms with van der Waals surface area (Å²) in [4.78, 5) is 13.8. The molecule has 1 aliphatic heterocycles. The zero-order valence-electron chi connectivity index (χ0n) is 9.98. The van der Waals surface area contributed by atoms with E-state index in [0.29, 0.717) is 24.9 Å². The molecule has 17 heavy (non-hydrogen) atoms. The highest BCUT2D eigenvalue weighted by atomic mass is 19.1. The number of nitrogens with zero attached hydrogens (tertiary/aromatic N) is 1. The molecule has 0 spiro atoms. The van der Waals surface area contributed by atoms with E-state index < -0.39 is 5.82 Å². The zero-order valence-corrected chi connectivity index (χ0v) is 9.98. The summed E-state index contributed by atoms with van der Waals surface area (Å²) in [5.74, 6) is -0.133. The number of hydrogen-bond acceptors (Lipinski definition) is 2. The highest BCUT2D eigenvalue weighted by Gasteiger charge is 2.30. The Balaban J connectivity index is 2.20. The highest BCUT2D eigenvalue weighted by Crippen LogP contribution is 2.26. The van der Waals surface area contributed by atoms with E-state index in [2.05, 4.69) is 13.8 Å². The van der Waals surface area contributed by atoms with Crippen molar-refractivity contribution in [3.63, 3.8) is 0 Å². The van der Waals surface area contributed by atoms with Crippen LogP contribution in [0.4, 0.5) is 4.39 Å². The fourth-order valence-electron chi connectivity index (χ4n) is 2.15. The second-order valence-corrected chi connectivity index (χ2v) is 4.83. The molecule has 2 rings (SSSR count). The summed E-state index contributed by atoms with van der Waals surface area (Å²) in [6.07, 6.45) is 0. The van der Waals surface area contributed by atoms with Gasteiger partial charge in [-0.25, -0.2) is 4.39 Å². The number of phenols is 1. The van der Waals surface area contributed by atoms with Crippen LogP contribution in [0.25, 0.3) is 0 Å². The standard InChI is InChI=1S/C13H16FNO2/c1-8-6-15(7-9(8)2)13(17)11-4-3-10(14)5-12(11)16/h3-5,8-9,16H,6-7H2,1-2H3. The first-order chi connectivity index (χ1) is 7.99. The molecule has 1 heterocycles. The van der Waals surface area contributed by atoms with Gasteiger partial charge in [0.25, 0.3) is 5.91 Å². The summed E-state index contributed by atoms with van der Waals surface area (Å²) < 4.78 is 12.8. The molecular formula is C13H16FNO2. The number of phenolic OH excluding ortho intramolecular Hbond substituents is 1. The molecule has 0 saturated carbocycles. The van der Waals surface area contributed by atoms with Crippen molar-refractivity contribution in [2.24, 2.45) is 11.8 Å². The van der Waals surface area contributed by atoms with E-state index in [1.165, 1.54) is 12.1 Å². The number of aromatic hydroxyl groups is 1. The van der Waals surface area contributed by atoms with Gasteiger partial charge in [0.15, 0.2) is 0 Å². The van der Waals surface area contributed by atoms with E-state index in [4.69, 9.17) is 0 Å². The zero-order chi connectivity index (χ0) is 12.6. The monoisotopic (exact) mass is 237 g/mol. The lowest BCUT2D eigenvalue weighted by molar-refractivity contribution is 0.0782. The van der Waals surface area contributed by atoms with Crippen molar-refractivity contribution in [1.29, 1.82) is 0 Å². The molecule has 0 aromatic heterocycles. The lowest BCUT2D eigenvalue weighted by Crippen LogP contribution is -2.28. The van der Waals surface area contributed by atoms with Crippen LogP contribution in [-0.2, 0) is 0 Å². The summed E-state index contributed by atoms with van der Waals surface area (Å²) in [6.45, 7) is 5.58. The van der Waals surface area contributed by atoms with Gasteiger partial charge in [0.05, 0.1) is 5.56 Å². The third-order valence-electron chi connectivity index (χ3n) is 3.47. The predicted molar refractivity (Wildman–Crippen MR) is 62.3 cm³/mol. The molecule has 1 amide bonds. The number of rotatable bonds is 1. The molecule has 2 unspecified atom stereocenters. The van der Waals surface area contributed by atoms with Gasteiger partial charge in [-0.1, -0.05) is 13.8 Å². The minimum atomic E-state index is -0.540. The second kappa shape index (κ2) is 4.35. The fourth-order valence-corrected chi connectivity index (χ4v) is 2.15. The summed E-state index contributed by atoms with van der Waals surface area (Å²) in [6, 6.07) is 3.49. The first-order valence-corrected chi connectivity index (χ1v) is 5.77. The van der Waals surface area contributed by atoms with Crippen LogP contribution >= 0.6 is 0 Å². The third kappa shape index (κ3) is 2.25. The molecule has 92 valence electrons. The number of benzene rings is 1. The van der Waals surface area contributed by atoms with Gasteiger partial charge in [-0.15, -0.1) is 0 Å². The number of halogens is 1. The SMILES string of the molecule is CC1CN(C(=O)c2ccc(F)cc2O)CC1C. The molecule has 2 atom stereocenters. The smallest absolute Gasteiger partial charge is 0.257 e. The van der Waals surface area contributed by atoms with Crippen LogP contribution < -0.4 is 0 Å². The topological polar surface area (TPSA) is 40.5 Å². The Labute approximate surface area is 99.9 Å². The molecular weight excluding hydrogens is 221 g/mol. The van der Waals surface area contributed by atoms with Crippen LogP contribution in [0.3, 0.4) is 0 Å². The van der Waals surface area contributed by atoms with Crippen molar-refractivity contribution in [3.8, 4) is 5.75 Å². The molecule has 1 aromatic rings. The molecule has 1 saturated heterocycles. The Morgan fingerprint density at radius 2 is 1.94 bits per heavy atom. The first kappa shape index (κ1) is 11.9. The second-order valence-electron chi connectivity index (χ2n) is 4.83. The van der Waals surface area contributed by atoms with Gasteiger partial charge in [0, 0.05) is 19.2 Å². The summed E-state index contributed by atoms with van der Waals surface area (Å²) in [5.41, 5.74) is 0.174. The maximum atomic E-state index is 12.8. The minimum Gasteiger partial charge on any atom is -0.507 e. The summed E-state index contributed by atoms with van der Waals surface area (Å²) in [7, 11) is 0. The van der Waals surface area contributed by atoms with E-state index in [1.54, 1.807) is 4.90 Å². The maximum Gasteiger partial charge on any atom is 0.257 e. The van der Waals surface area contributed by atoms with Gasteiger partial charge < -0.3 is 10.0 Å². The van der Waals surface area contributed by atoms with Crippen molar-refractivity contribution in [2.75, 3.05) is 13.1 Å². The summed E-state index contributed by atoms with van der Waals surface area (Å²) >= 11 is 0. The molecule has 1 aromatic carbocycles. The molecule has 1 fully saturated rings. The number of carbonyl (C=O) groups is 1. The Bertz CT molecular complexity index is 437. The normalized spacial score (nSPS) is 24.1. The third-order valence-corrected chi connectivity index (χ3v) is 3.47. The van der Waals surface area contributed by atoms with Crippen molar-refractivity contribution < 1.29 is 14.3 Å². The molecule has 1 N–H and O–H groups in total. The van der Waals surface area contributed by atoms with Crippen LogP contribution in [0.2, 0.25) is 0 Å². The molecule has 1 aliphatic rings. The van der Waals surface area contributed by atoms with Crippen LogP contribution in [0.1, 0.15) is 24.2 Å². The van der Waals surface area contributed by atoms with Gasteiger partial charge in [-0.3, -0.25) is 4.79 Å². The van der Waals surface area contributed by atoms with Gasteiger partial charge in [0.2, 0.25) is 0 Å². The van der Waals surface area contributed by atoms with E-state index in [1.807, 2.05) is 0 Å². The molecule has 3 nitrogen and oxygen atoms in total. The average Bonchev–Trinajstić information content (AvgIpc) is 2.58. The van der Waals surface area contributed by atoms with Crippen molar-refractivity contribution in [1.82, 2.24) is 4.90 Å². The Hall–Kier alpha value is -1.58. The number of amides is 1. The maximum absolute atomic E-state index is 12.8. The van der Waals surface area contributed by atoms with Gasteiger partial charge in [-0.05, 0) is 24.0 Å². The molecule has 4 heteroatoms. The molecule has 0 bridgehead atoms. The van der Waals surface area contributed by atoms with E-state index in [-0.39, 0.29) is 17.2 Å². The van der Waals surface area contributed by atoms with Crippen molar-refractivity contribution in [2.45, 2.75) is 13.8 Å². The van der Waals surface area contributed by atoms with Crippen LogP contribution in [0.15, 0.2) is 18.2 Å². The van der Waals surface area contributed by atoms with Crippen molar-refractivity contribution >= 4 is 5.91 Å². The molecule has 0 radical (unpaired) electrons. The van der Waals surface area contributed by atoms with Crippen LogP contribution in [-0.4, -0.2) is 29.0 Å². The van der Waals surface area contributed by atoms with Crippen molar-refractivity contribution in [3.05, 3.63) is 29.6 Å². The first-order valence-electron chi connectivity index (χ1n) is 5.77. The molecule has 0 aliphatic carbocycles. The lowest BCUT2D eigenvalue weighted by atomic mass is 10.0. The lowest BCUT2D eigenvalue weighted by Gasteiger charge is -2.16. The quantitative estimate of drug-likeness (QED) is 0.814. The van der Waals surface area contributed by atoms with Crippen LogP contribution in [0, 0.1) is 17.7 Å². The number of carbonyl (C=O) groups excluding carboxylic acids is 1. The Morgan fingerprint density at radius 1 is 1.35 bits per heavy atom. The largest absolute Gasteiger partial charge is 0.507 e. The fraction of sp³-hybridized carbons (Fsp3) is 0.462. The highest BCUT2D eigenvalue weighted by molar-refractivity contribution is 5.97.